The first-order valence-electron chi connectivity index (χ1n) is 5.72. The maximum Gasteiger partial charge on any atom is 0.265 e. The zero-order valence-electron chi connectivity index (χ0n) is 10.1. The molecular weight excluding hydrogens is 250 g/mol. The van der Waals surface area contributed by atoms with Gasteiger partial charge >= 0.3 is 0 Å². The highest BCUT2D eigenvalue weighted by molar-refractivity contribution is 7.12. The van der Waals surface area contributed by atoms with Crippen LogP contribution in [0.15, 0.2) is 11.4 Å². The van der Waals surface area contributed by atoms with Crippen molar-refractivity contribution in [2.45, 2.75) is 18.9 Å². The van der Waals surface area contributed by atoms with Crippen LogP contribution in [0.3, 0.4) is 0 Å². The summed E-state index contributed by atoms with van der Waals surface area (Å²) in [6, 6.07) is 1.77. The van der Waals surface area contributed by atoms with E-state index >= 15 is 0 Å². The molecule has 96 valence electrons. The van der Waals surface area contributed by atoms with Crippen molar-refractivity contribution in [2.75, 3.05) is 19.7 Å². The lowest BCUT2D eigenvalue weighted by atomic mass is 10.1. The summed E-state index contributed by atoms with van der Waals surface area (Å²) in [5, 5.41) is 20.4. The Morgan fingerprint density at radius 3 is 3.06 bits per heavy atom. The van der Waals surface area contributed by atoms with E-state index < -0.39 is 5.60 Å². The number of aliphatic hydroxyl groups is 2. The van der Waals surface area contributed by atoms with E-state index in [0.29, 0.717) is 30.0 Å². The van der Waals surface area contributed by atoms with Gasteiger partial charge in [0, 0.05) is 18.7 Å². The van der Waals surface area contributed by atoms with Gasteiger partial charge in [0.1, 0.15) is 11.5 Å². The van der Waals surface area contributed by atoms with Gasteiger partial charge in [0.05, 0.1) is 5.60 Å². The Morgan fingerprint density at radius 2 is 2.44 bits per heavy atom. The minimum absolute atomic E-state index is 0.0926. The normalized spacial score (nSPS) is 22.7. The first kappa shape index (κ1) is 13.1. The van der Waals surface area contributed by atoms with Crippen LogP contribution in [-0.4, -0.2) is 46.3 Å². The van der Waals surface area contributed by atoms with E-state index in [1.807, 2.05) is 5.38 Å². The second-order valence-electron chi connectivity index (χ2n) is 4.60. The van der Waals surface area contributed by atoms with E-state index in [4.69, 9.17) is 5.11 Å². The zero-order chi connectivity index (χ0) is 13.2. The third-order valence-corrected chi connectivity index (χ3v) is 3.80. The molecule has 1 aliphatic heterocycles. The SMILES string of the molecule is CC1(O)CCN(C(=O)c2sccc2C#CCO)C1. The molecule has 18 heavy (non-hydrogen) atoms. The van der Waals surface area contributed by atoms with Gasteiger partial charge in [0.15, 0.2) is 0 Å². The highest BCUT2D eigenvalue weighted by Gasteiger charge is 2.35. The molecule has 1 unspecified atom stereocenters. The topological polar surface area (TPSA) is 60.8 Å². The van der Waals surface area contributed by atoms with Crippen LogP contribution in [0.2, 0.25) is 0 Å². The van der Waals surface area contributed by atoms with Crippen LogP contribution in [0, 0.1) is 11.8 Å². The monoisotopic (exact) mass is 265 g/mol. The number of β-amino-alcohol motifs (C(OH)–C–C–N with tert-alkyl or cyclic N) is 1. The number of rotatable bonds is 1. The van der Waals surface area contributed by atoms with Gasteiger partial charge in [-0.1, -0.05) is 11.8 Å². The molecular formula is C13H15NO3S. The highest BCUT2D eigenvalue weighted by atomic mass is 32.1. The predicted molar refractivity (Wildman–Crippen MR) is 69.4 cm³/mol. The van der Waals surface area contributed by atoms with Crippen molar-refractivity contribution in [3.05, 3.63) is 21.9 Å². The average molecular weight is 265 g/mol. The molecule has 0 aromatic carbocycles. The maximum absolute atomic E-state index is 12.3. The fourth-order valence-electron chi connectivity index (χ4n) is 1.97. The molecule has 1 aromatic rings. The Balaban J connectivity index is 2.17. The lowest BCUT2D eigenvalue weighted by Gasteiger charge is -2.18. The van der Waals surface area contributed by atoms with Gasteiger partial charge in [0.2, 0.25) is 0 Å². The zero-order valence-corrected chi connectivity index (χ0v) is 11.0. The van der Waals surface area contributed by atoms with Gasteiger partial charge in [-0.15, -0.1) is 11.3 Å². The highest BCUT2D eigenvalue weighted by Crippen LogP contribution is 2.25. The lowest BCUT2D eigenvalue weighted by molar-refractivity contribution is 0.0574. The van der Waals surface area contributed by atoms with E-state index in [-0.39, 0.29) is 12.5 Å². The fourth-order valence-corrected chi connectivity index (χ4v) is 2.79. The summed E-state index contributed by atoms with van der Waals surface area (Å²) in [7, 11) is 0. The second kappa shape index (κ2) is 5.11. The molecule has 1 fully saturated rings. The third kappa shape index (κ3) is 2.72. The van der Waals surface area contributed by atoms with Crippen molar-refractivity contribution in [3.63, 3.8) is 0 Å². The number of hydrogen-bond acceptors (Lipinski definition) is 4. The third-order valence-electron chi connectivity index (χ3n) is 2.90. The van der Waals surface area contributed by atoms with Gasteiger partial charge in [0.25, 0.3) is 5.91 Å². The van der Waals surface area contributed by atoms with E-state index in [0.717, 1.165) is 0 Å². The molecule has 0 spiro atoms. The Bertz CT molecular complexity index is 510. The summed E-state index contributed by atoms with van der Waals surface area (Å²) in [6.07, 6.45) is 0.599. The van der Waals surface area contributed by atoms with Gasteiger partial charge in [-0.05, 0) is 24.8 Å². The van der Waals surface area contributed by atoms with Crippen molar-refractivity contribution >= 4 is 17.2 Å². The van der Waals surface area contributed by atoms with Crippen LogP contribution in [0.5, 0.6) is 0 Å². The molecule has 2 N–H and O–H groups in total. The molecule has 1 saturated heterocycles. The summed E-state index contributed by atoms with van der Waals surface area (Å²) in [6.45, 7) is 2.44. The van der Waals surface area contributed by atoms with E-state index in [1.54, 1.807) is 17.9 Å². The van der Waals surface area contributed by atoms with Gasteiger partial charge in [-0.25, -0.2) is 0 Å². The largest absolute Gasteiger partial charge is 0.388 e. The molecule has 0 bridgehead atoms. The standard InChI is InChI=1S/C13H15NO3S/c1-13(17)5-6-14(9-13)12(16)11-10(3-2-7-15)4-8-18-11/h4,8,15,17H,5-7,9H2,1H3. The molecule has 5 heteroatoms. The first-order valence-corrected chi connectivity index (χ1v) is 6.60. The summed E-state index contributed by atoms with van der Waals surface area (Å²) in [5.41, 5.74) is -0.144. The Kier molecular flexibility index (Phi) is 3.71. The number of hydrogen-bond donors (Lipinski definition) is 2. The van der Waals surface area contributed by atoms with Crippen molar-refractivity contribution in [3.8, 4) is 11.8 Å². The van der Waals surface area contributed by atoms with Crippen molar-refractivity contribution in [2.24, 2.45) is 0 Å². The molecule has 0 aliphatic carbocycles. The van der Waals surface area contributed by atoms with Crippen LogP contribution >= 0.6 is 11.3 Å². The van der Waals surface area contributed by atoms with Crippen LogP contribution < -0.4 is 0 Å². The van der Waals surface area contributed by atoms with Gasteiger partial charge < -0.3 is 15.1 Å². The number of carbonyl (C=O) groups excluding carboxylic acids is 1. The summed E-state index contributed by atoms with van der Waals surface area (Å²) < 4.78 is 0. The van der Waals surface area contributed by atoms with Crippen LogP contribution in [0.4, 0.5) is 0 Å². The summed E-state index contributed by atoms with van der Waals surface area (Å²) in [5.74, 6) is 5.22. The van der Waals surface area contributed by atoms with Crippen LogP contribution in [0.1, 0.15) is 28.6 Å². The van der Waals surface area contributed by atoms with E-state index in [1.165, 1.54) is 11.3 Å². The number of amides is 1. The maximum atomic E-state index is 12.3. The minimum Gasteiger partial charge on any atom is -0.388 e. The fraction of sp³-hybridized carbons (Fsp3) is 0.462. The molecule has 2 heterocycles. The molecule has 4 nitrogen and oxygen atoms in total. The number of aliphatic hydroxyl groups excluding tert-OH is 1. The number of thiophene rings is 1. The average Bonchev–Trinajstić information content (AvgIpc) is 2.91. The molecule has 0 radical (unpaired) electrons. The predicted octanol–water partition coefficient (Wildman–Crippen LogP) is 0.689. The second-order valence-corrected chi connectivity index (χ2v) is 5.51. The Morgan fingerprint density at radius 1 is 1.67 bits per heavy atom. The van der Waals surface area contributed by atoms with Crippen molar-refractivity contribution in [1.29, 1.82) is 0 Å². The number of likely N-dealkylation sites (tertiary alicyclic amines) is 1. The Hall–Kier alpha value is -1.35. The molecule has 1 amide bonds. The quantitative estimate of drug-likeness (QED) is 0.734. The Labute approximate surface area is 110 Å². The molecule has 1 atom stereocenters. The summed E-state index contributed by atoms with van der Waals surface area (Å²) in [4.78, 5) is 14.5. The molecule has 1 aliphatic rings. The van der Waals surface area contributed by atoms with Crippen LogP contribution in [-0.2, 0) is 0 Å². The lowest BCUT2D eigenvalue weighted by Crippen LogP contribution is -2.33. The van der Waals surface area contributed by atoms with Gasteiger partial charge in [-0.3, -0.25) is 4.79 Å². The van der Waals surface area contributed by atoms with E-state index in [2.05, 4.69) is 11.8 Å². The van der Waals surface area contributed by atoms with E-state index in [9.17, 15) is 9.90 Å². The molecule has 0 saturated carbocycles. The van der Waals surface area contributed by atoms with Crippen molar-refractivity contribution < 1.29 is 15.0 Å². The molecule has 2 rings (SSSR count). The number of nitrogens with zero attached hydrogens (tertiary/aromatic N) is 1. The minimum atomic E-state index is -0.788. The van der Waals surface area contributed by atoms with Crippen LogP contribution in [0.25, 0.3) is 0 Å². The number of carbonyl (C=O) groups is 1. The first-order chi connectivity index (χ1) is 8.53. The molecule has 1 aromatic heterocycles. The smallest absolute Gasteiger partial charge is 0.265 e. The summed E-state index contributed by atoms with van der Waals surface area (Å²) >= 11 is 1.34. The van der Waals surface area contributed by atoms with Gasteiger partial charge in [-0.2, -0.15) is 0 Å². The van der Waals surface area contributed by atoms with Crippen molar-refractivity contribution in [1.82, 2.24) is 4.90 Å².